The summed E-state index contributed by atoms with van der Waals surface area (Å²) in [4.78, 5) is 0. The van der Waals surface area contributed by atoms with Crippen LogP contribution in [0.1, 0.15) is 63.1 Å². The summed E-state index contributed by atoms with van der Waals surface area (Å²) in [5, 5.41) is 0. The quantitative estimate of drug-likeness (QED) is 0.420. The minimum atomic E-state index is -0.603. The highest BCUT2D eigenvalue weighted by Crippen LogP contribution is 2.39. The fourth-order valence-electron chi connectivity index (χ4n) is 3.78. The third kappa shape index (κ3) is 4.88. The highest BCUT2D eigenvalue weighted by atomic mass is 16.7. The Bertz CT molecular complexity index is 705. The summed E-state index contributed by atoms with van der Waals surface area (Å²) in [7, 11) is 0. The van der Waals surface area contributed by atoms with E-state index in [1.807, 2.05) is 13.8 Å². The van der Waals surface area contributed by atoms with Crippen LogP contribution in [0.4, 0.5) is 0 Å². The van der Waals surface area contributed by atoms with E-state index in [0.29, 0.717) is 11.8 Å². The van der Waals surface area contributed by atoms with Gasteiger partial charge in [-0.05, 0) is 66.3 Å². The fraction of sp³-hybridized carbons (Fsp3) is 0.500. The Balaban J connectivity index is 1.45. The molecule has 0 saturated heterocycles. The summed E-state index contributed by atoms with van der Waals surface area (Å²) in [5.41, 5.74) is 4.30. The van der Waals surface area contributed by atoms with Crippen molar-refractivity contribution in [1.29, 1.82) is 0 Å². The van der Waals surface area contributed by atoms with Crippen molar-refractivity contribution >= 4 is 0 Å². The van der Waals surface area contributed by atoms with Crippen LogP contribution in [-0.2, 0) is 17.6 Å². The molecule has 2 aromatic carbocycles. The van der Waals surface area contributed by atoms with Crippen LogP contribution in [0.25, 0.3) is 0 Å². The lowest BCUT2D eigenvalue weighted by Gasteiger charge is -2.27. The fourth-order valence-corrected chi connectivity index (χ4v) is 3.78. The molecule has 0 fully saturated rings. The largest absolute Gasteiger partial charge is 0.463 e. The second-order valence-electron chi connectivity index (χ2n) is 8.12. The van der Waals surface area contributed by atoms with Crippen molar-refractivity contribution in [2.45, 2.75) is 65.1 Å². The molecule has 26 heavy (non-hydrogen) atoms. The smallest absolute Gasteiger partial charge is 0.204 e. The van der Waals surface area contributed by atoms with E-state index in [1.165, 1.54) is 23.1 Å². The van der Waals surface area contributed by atoms with Gasteiger partial charge in [0.15, 0.2) is 0 Å². The van der Waals surface area contributed by atoms with Crippen molar-refractivity contribution in [3.63, 3.8) is 0 Å². The zero-order chi connectivity index (χ0) is 18.6. The van der Waals surface area contributed by atoms with Gasteiger partial charge in [-0.2, -0.15) is 0 Å². The first-order valence-corrected chi connectivity index (χ1v) is 9.94. The second-order valence-corrected chi connectivity index (χ2v) is 8.12. The van der Waals surface area contributed by atoms with Crippen molar-refractivity contribution in [2.75, 3.05) is 6.61 Å². The molecule has 2 aromatic rings. The van der Waals surface area contributed by atoms with Gasteiger partial charge < -0.3 is 9.47 Å². The first kappa shape index (κ1) is 19.0. The number of rotatable bonds is 8. The highest BCUT2D eigenvalue weighted by Gasteiger charge is 2.27. The van der Waals surface area contributed by atoms with Gasteiger partial charge in [-0.15, -0.1) is 0 Å². The lowest BCUT2D eigenvalue weighted by Crippen LogP contribution is -2.32. The highest BCUT2D eigenvalue weighted by molar-refractivity contribution is 5.41. The number of ether oxygens (including phenoxy) is 2. The average molecular weight is 353 g/mol. The van der Waals surface area contributed by atoms with Gasteiger partial charge in [0, 0.05) is 13.8 Å². The third-order valence-electron chi connectivity index (χ3n) is 5.52. The van der Waals surface area contributed by atoms with Crippen LogP contribution in [-0.4, -0.2) is 12.4 Å². The molecule has 0 saturated carbocycles. The lowest BCUT2D eigenvalue weighted by molar-refractivity contribution is -0.156. The molecule has 0 aromatic heterocycles. The van der Waals surface area contributed by atoms with E-state index in [0.717, 1.165) is 31.6 Å². The van der Waals surface area contributed by atoms with Crippen molar-refractivity contribution in [3.05, 3.63) is 65.2 Å². The van der Waals surface area contributed by atoms with Crippen LogP contribution < -0.4 is 4.74 Å². The van der Waals surface area contributed by atoms with Crippen molar-refractivity contribution < 1.29 is 9.47 Å². The maximum absolute atomic E-state index is 6.15. The van der Waals surface area contributed by atoms with Crippen LogP contribution in [0, 0.1) is 5.92 Å². The Morgan fingerprint density at radius 2 is 1.77 bits per heavy atom. The van der Waals surface area contributed by atoms with Crippen molar-refractivity contribution in [2.24, 2.45) is 5.92 Å². The average Bonchev–Trinajstić information content (AvgIpc) is 2.89. The topological polar surface area (TPSA) is 18.5 Å². The van der Waals surface area contributed by atoms with Gasteiger partial charge in [0.05, 0.1) is 6.61 Å². The van der Waals surface area contributed by atoms with Gasteiger partial charge in [-0.3, -0.25) is 0 Å². The van der Waals surface area contributed by atoms with Gasteiger partial charge in [-0.25, -0.2) is 0 Å². The van der Waals surface area contributed by atoms with Gasteiger partial charge in [0.2, 0.25) is 5.79 Å². The van der Waals surface area contributed by atoms with Crippen LogP contribution in [0.15, 0.2) is 48.5 Å². The first-order valence-electron chi connectivity index (χ1n) is 9.94. The Labute approximate surface area is 158 Å². The Kier molecular flexibility index (Phi) is 6.03. The normalized spacial score (nSPS) is 19.4. The first-order chi connectivity index (χ1) is 12.4. The van der Waals surface area contributed by atoms with Gasteiger partial charge in [0.1, 0.15) is 5.75 Å². The number of hydrogen-bond acceptors (Lipinski definition) is 2. The predicted molar refractivity (Wildman–Crippen MR) is 108 cm³/mol. The molecular formula is C24H32O2. The van der Waals surface area contributed by atoms with E-state index in [1.54, 1.807) is 0 Å². The van der Waals surface area contributed by atoms with Crippen molar-refractivity contribution in [1.82, 2.24) is 0 Å². The number of aryl methyl sites for hydroxylation is 1. The molecule has 0 bridgehead atoms. The molecule has 2 heteroatoms. The van der Waals surface area contributed by atoms with E-state index in [2.05, 4.69) is 62.4 Å². The molecule has 0 aliphatic heterocycles. The molecule has 140 valence electrons. The summed E-state index contributed by atoms with van der Waals surface area (Å²) in [6.07, 6.45) is 4.46. The monoisotopic (exact) mass is 352 g/mol. The van der Waals surface area contributed by atoms with Crippen LogP contribution in [0.3, 0.4) is 0 Å². The van der Waals surface area contributed by atoms with E-state index >= 15 is 0 Å². The molecule has 0 amide bonds. The second kappa shape index (κ2) is 8.26. The van der Waals surface area contributed by atoms with Crippen LogP contribution >= 0.6 is 0 Å². The molecule has 1 aliphatic rings. The Morgan fingerprint density at radius 3 is 2.54 bits per heavy atom. The molecule has 0 heterocycles. The minimum absolute atomic E-state index is 0.603. The predicted octanol–water partition coefficient (Wildman–Crippen LogP) is 6.14. The third-order valence-corrected chi connectivity index (χ3v) is 5.52. The van der Waals surface area contributed by atoms with Crippen LogP contribution in [0.5, 0.6) is 5.75 Å². The minimum Gasteiger partial charge on any atom is -0.463 e. The summed E-state index contributed by atoms with van der Waals surface area (Å²) < 4.78 is 12.2. The SMILES string of the molecule is CC1Cc2ccc(OC(C)(C)OCCCCc3ccccc3)cc2C1C. The number of benzene rings is 2. The number of unbranched alkanes of at least 4 members (excludes halogenated alkanes) is 1. The molecule has 2 unspecified atom stereocenters. The maximum atomic E-state index is 6.15. The molecule has 2 nitrogen and oxygen atoms in total. The zero-order valence-electron chi connectivity index (χ0n) is 16.6. The molecule has 2 atom stereocenters. The van der Waals surface area contributed by atoms with Gasteiger partial charge in [0.25, 0.3) is 0 Å². The van der Waals surface area contributed by atoms with Crippen LogP contribution in [0.2, 0.25) is 0 Å². The number of hydrogen-bond donors (Lipinski definition) is 0. The summed E-state index contributed by atoms with van der Waals surface area (Å²) in [6, 6.07) is 17.1. The molecule has 0 radical (unpaired) electrons. The molecule has 0 spiro atoms. The Morgan fingerprint density at radius 1 is 1.00 bits per heavy atom. The molecule has 1 aliphatic carbocycles. The molecule has 3 rings (SSSR count). The lowest BCUT2D eigenvalue weighted by atomic mass is 9.96. The van der Waals surface area contributed by atoms with Crippen molar-refractivity contribution in [3.8, 4) is 5.75 Å². The van der Waals surface area contributed by atoms with Gasteiger partial charge >= 0.3 is 0 Å². The summed E-state index contributed by atoms with van der Waals surface area (Å²) in [5.74, 6) is 1.64. The van der Waals surface area contributed by atoms with E-state index in [-0.39, 0.29) is 0 Å². The van der Waals surface area contributed by atoms with E-state index in [4.69, 9.17) is 9.47 Å². The number of fused-ring (bicyclic) bond motifs is 1. The summed E-state index contributed by atoms with van der Waals surface area (Å²) >= 11 is 0. The Hall–Kier alpha value is -1.80. The molecule has 0 N–H and O–H groups in total. The zero-order valence-corrected chi connectivity index (χ0v) is 16.6. The van der Waals surface area contributed by atoms with E-state index in [9.17, 15) is 0 Å². The summed E-state index contributed by atoms with van der Waals surface area (Å²) in [6.45, 7) is 9.37. The maximum Gasteiger partial charge on any atom is 0.204 e. The standard InChI is InChI=1S/C24H32O2/c1-18-16-21-13-14-22(17-23(21)19(18)2)26-24(3,4)25-15-9-8-12-20-10-6-5-7-11-20/h5-7,10-11,13-14,17-19H,8-9,12,15-16H2,1-4H3. The van der Waals surface area contributed by atoms with E-state index < -0.39 is 5.79 Å². The molecular weight excluding hydrogens is 320 g/mol. The van der Waals surface area contributed by atoms with Gasteiger partial charge in [-0.1, -0.05) is 50.2 Å².